The van der Waals surface area contributed by atoms with Crippen LogP contribution >= 0.6 is 0 Å². The van der Waals surface area contributed by atoms with E-state index in [-0.39, 0.29) is 0 Å². The molecule has 0 amide bonds. The third-order valence-electron chi connectivity index (χ3n) is 4.77. The largest absolute Gasteiger partial charge is 0.311 e. The summed E-state index contributed by atoms with van der Waals surface area (Å²) in [6.45, 7) is 17.7. The molecule has 0 saturated carbocycles. The quantitative estimate of drug-likeness (QED) is 0.837. The maximum atomic E-state index is 3.79. The summed E-state index contributed by atoms with van der Waals surface area (Å²) < 4.78 is 0. The SMILES string of the molecule is CC(C)C1CNC(C(C)(C)C)CN1C(C)CCN(C)C. The van der Waals surface area contributed by atoms with Crippen molar-refractivity contribution in [3.05, 3.63) is 0 Å². The van der Waals surface area contributed by atoms with Crippen LogP contribution in [0.3, 0.4) is 0 Å². The van der Waals surface area contributed by atoms with Gasteiger partial charge >= 0.3 is 0 Å². The van der Waals surface area contributed by atoms with Gasteiger partial charge in [0.2, 0.25) is 0 Å². The molecule has 3 unspecified atom stereocenters. The van der Waals surface area contributed by atoms with E-state index in [0.29, 0.717) is 29.5 Å². The fourth-order valence-corrected chi connectivity index (χ4v) is 3.11. The Hall–Kier alpha value is -0.120. The highest BCUT2D eigenvalue weighted by Gasteiger charge is 2.36. The minimum Gasteiger partial charge on any atom is -0.311 e. The number of rotatable bonds is 5. The van der Waals surface area contributed by atoms with Crippen molar-refractivity contribution in [2.24, 2.45) is 11.3 Å². The smallest absolute Gasteiger partial charge is 0.0247 e. The summed E-state index contributed by atoms with van der Waals surface area (Å²) in [7, 11) is 4.34. The lowest BCUT2D eigenvalue weighted by Gasteiger charge is -2.49. The van der Waals surface area contributed by atoms with Gasteiger partial charge in [0.25, 0.3) is 0 Å². The van der Waals surface area contributed by atoms with E-state index >= 15 is 0 Å². The summed E-state index contributed by atoms with van der Waals surface area (Å²) in [5.74, 6) is 0.713. The fraction of sp³-hybridized carbons (Fsp3) is 1.00. The van der Waals surface area contributed by atoms with E-state index in [1.807, 2.05) is 0 Å². The Morgan fingerprint density at radius 3 is 2.25 bits per heavy atom. The molecular formula is C17H37N3. The van der Waals surface area contributed by atoms with Crippen LogP contribution in [0.15, 0.2) is 0 Å². The molecule has 1 fully saturated rings. The van der Waals surface area contributed by atoms with E-state index in [1.165, 1.54) is 19.5 Å². The van der Waals surface area contributed by atoms with E-state index in [1.54, 1.807) is 0 Å². The van der Waals surface area contributed by atoms with E-state index in [2.05, 4.69) is 70.8 Å². The lowest BCUT2D eigenvalue weighted by molar-refractivity contribution is 0.0299. The molecule has 1 saturated heterocycles. The van der Waals surface area contributed by atoms with E-state index in [9.17, 15) is 0 Å². The van der Waals surface area contributed by atoms with E-state index < -0.39 is 0 Å². The molecule has 1 heterocycles. The van der Waals surface area contributed by atoms with Gasteiger partial charge in [-0.15, -0.1) is 0 Å². The molecular weight excluding hydrogens is 246 g/mol. The monoisotopic (exact) mass is 283 g/mol. The van der Waals surface area contributed by atoms with Gasteiger partial charge in [-0.25, -0.2) is 0 Å². The van der Waals surface area contributed by atoms with Gasteiger partial charge in [0.15, 0.2) is 0 Å². The minimum atomic E-state index is 0.335. The third kappa shape index (κ3) is 5.01. The second-order valence-electron chi connectivity index (χ2n) is 8.28. The Morgan fingerprint density at radius 2 is 1.80 bits per heavy atom. The van der Waals surface area contributed by atoms with Crippen LogP contribution in [0.4, 0.5) is 0 Å². The van der Waals surface area contributed by atoms with Crippen molar-refractivity contribution in [3.8, 4) is 0 Å². The zero-order valence-corrected chi connectivity index (χ0v) is 15.0. The van der Waals surface area contributed by atoms with Gasteiger partial charge in [-0.3, -0.25) is 4.90 Å². The predicted molar refractivity (Wildman–Crippen MR) is 89.2 cm³/mol. The topological polar surface area (TPSA) is 18.5 Å². The van der Waals surface area contributed by atoms with Crippen LogP contribution < -0.4 is 5.32 Å². The second-order valence-corrected chi connectivity index (χ2v) is 8.28. The fourth-order valence-electron chi connectivity index (χ4n) is 3.11. The summed E-state index contributed by atoms with van der Waals surface area (Å²) in [5, 5.41) is 3.79. The normalized spacial score (nSPS) is 27.3. The lowest BCUT2D eigenvalue weighted by atomic mass is 9.83. The minimum absolute atomic E-state index is 0.335. The molecule has 1 rings (SSSR count). The first-order valence-electron chi connectivity index (χ1n) is 8.26. The van der Waals surface area contributed by atoms with Gasteiger partial charge in [0.05, 0.1) is 0 Å². The van der Waals surface area contributed by atoms with Crippen LogP contribution in [0.25, 0.3) is 0 Å². The van der Waals surface area contributed by atoms with Crippen molar-refractivity contribution in [2.75, 3.05) is 33.7 Å². The maximum Gasteiger partial charge on any atom is 0.0247 e. The average molecular weight is 284 g/mol. The molecule has 120 valence electrons. The molecule has 0 radical (unpaired) electrons. The highest BCUT2D eigenvalue weighted by atomic mass is 15.3. The first-order chi connectivity index (χ1) is 9.12. The molecule has 1 N–H and O–H groups in total. The van der Waals surface area contributed by atoms with Crippen LogP contribution in [-0.2, 0) is 0 Å². The number of nitrogens with zero attached hydrogens (tertiary/aromatic N) is 2. The van der Waals surface area contributed by atoms with Gasteiger partial charge in [0, 0.05) is 31.2 Å². The molecule has 0 aromatic carbocycles. The molecule has 3 nitrogen and oxygen atoms in total. The Labute approximate surface area is 127 Å². The Morgan fingerprint density at radius 1 is 1.20 bits per heavy atom. The van der Waals surface area contributed by atoms with Crippen molar-refractivity contribution < 1.29 is 0 Å². The van der Waals surface area contributed by atoms with Crippen LogP contribution in [0, 0.1) is 11.3 Å². The van der Waals surface area contributed by atoms with Gasteiger partial charge in [-0.1, -0.05) is 34.6 Å². The van der Waals surface area contributed by atoms with Crippen LogP contribution in [0.1, 0.15) is 48.0 Å². The zero-order valence-electron chi connectivity index (χ0n) is 15.0. The van der Waals surface area contributed by atoms with Crippen molar-refractivity contribution >= 4 is 0 Å². The van der Waals surface area contributed by atoms with Crippen LogP contribution in [-0.4, -0.2) is 61.7 Å². The Bertz CT molecular complexity index is 280. The third-order valence-corrected chi connectivity index (χ3v) is 4.77. The zero-order chi connectivity index (χ0) is 15.5. The lowest BCUT2D eigenvalue weighted by Crippen LogP contribution is -2.63. The second kappa shape index (κ2) is 7.24. The van der Waals surface area contributed by atoms with Gasteiger partial charge < -0.3 is 10.2 Å². The van der Waals surface area contributed by atoms with Gasteiger partial charge in [-0.2, -0.15) is 0 Å². The van der Waals surface area contributed by atoms with E-state index in [4.69, 9.17) is 0 Å². The number of piperazine rings is 1. The van der Waals surface area contributed by atoms with E-state index in [0.717, 1.165) is 6.54 Å². The first kappa shape index (κ1) is 17.9. The molecule has 1 aliphatic rings. The molecule has 0 bridgehead atoms. The predicted octanol–water partition coefficient (Wildman–Crippen LogP) is 2.67. The molecule has 0 spiro atoms. The first-order valence-corrected chi connectivity index (χ1v) is 8.26. The average Bonchev–Trinajstić information content (AvgIpc) is 2.33. The summed E-state index contributed by atoms with van der Waals surface area (Å²) in [6.07, 6.45) is 1.26. The van der Waals surface area contributed by atoms with Crippen molar-refractivity contribution in [1.29, 1.82) is 0 Å². The highest BCUT2D eigenvalue weighted by Crippen LogP contribution is 2.27. The maximum absolute atomic E-state index is 3.79. The van der Waals surface area contributed by atoms with Crippen molar-refractivity contribution in [2.45, 2.75) is 66.1 Å². The molecule has 0 aromatic heterocycles. The summed E-state index contributed by atoms with van der Waals surface area (Å²) >= 11 is 0. The molecule has 3 atom stereocenters. The van der Waals surface area contributed by atoms with Crippen LogP contribution in [0.2, 0.25) is 0 Å². The Balaban J connectivity index is 2.73. The van der Waals surface area contributed by atoms with Crippen molar-refractivity contribution in [3.63, 3.8) is 0 Å². The Kier molecular flexibility index (Phi) is 6.49. The van der Waals surface area contributed by atoms with Crippen molar-refractivity contribution in [1.82, 2.24) is 15.1 Å². The highest BCUT2D eigenvalue weighted by molar-refractivity contribution is 4.94. The molecule has 1 aliphatic heterocycles. The molecule has 20 heavy (non-hydrogen) atoms. The molecule has 0 aliphatic carbocycles. The molecule has 0 aromatic rings. The standard InChI is InChI=1S/C17H37N3/c1-13(2)15-11-18-16(17(4,5)6)12-20(15)14(3)9-10-19(7)8/h13-16,18H,9-12H2,1-8H3. The number of nitrogens with one attached hydrogen (secondary N) is 1. The summed E-state index contributed by atoms with van der Waals surface area (Å²) in [6, 6.07) is 1.93. The van der Waals surface area contributed by atoms with Gasteiger partial charge in [0.1, 0.15) is 0 Å². The number of hydrogen-bond acceptors (Lipinski definition) is 3. The molecule has 3 heteroatoms. The summed E-state index contributed by atoms with van der Waals surface area (Å²) in [4.78, 5) is 5.06. The van der Waals surface area contributed by atoms with Gasteiger partial charge in [-0.05, 0) is 45.3 Å². The number of hydrogen-bond donors (Lipinski definition) is 1. The van der Waals surface area contributed by atoms with Crippen LogP contribution in [0.5, 0.6) is 0 Å². The summed E-state index contributed by atoms with van der Waals surface area (Å²) in [5.41, 5.74) is 0.335.